The molecule has 0 spiro atoms. The van der Waals surface area contributed by atoms with Crippen molar-refractivity contribution >= 4 is 9.84 Å². The summed E-state index contributed by atoms with van der Waals surface area (Å²) in [5.41, 5.74) is 4.33. The zero-order valence-electron chi connectivity index (χ0n) is 14.0. The van der Waals surface area contributed by atoms with Gasteiger partial charge in [0.05, 0.1) is 18.9 Å². The average Bonchev–Trinajstić information content (AvgIpc) is 2.66. The summed E-state index contributed by atoms with van der Waals surface area (Å²) in [6.07, 6.45) is 4.20. The van der Waals surface area contributed by atoms with Gasteiger partial charge in [-0.2, -0.15) is 10.1 Å². The van der Waals surface area contributed by atoms with Gasteiger partial charge in [-0.25, -0.2) is 13.4 Å². The first kappa shape index (κ1) is 16.4. The van der Waals surface area contributed by atoms with Gasteiger partial charge < -0.3 is 9.47 Å². The van der Waals surface area contributed by atoms with Gasteiger partial charge >= 0.3 is 0 Å². The average molecular weight is 370 g/mol. The third-order valence-electron chi connectivity index (χ3n) is 4.00. The van der Waals surface area contributed by atoms with Crippen LogP contribution in [0.15, 0.2) is 41.8 Å². The molecule has 3 aromatic rings. The van der Waals surface area contributed by atoms with Crippen molar-refractivity contribution in [1.29, 1.82) is 0 Å². The van der Waals surface area contributed by atoms with E-state index < -0.39 is 9.84 Å². The predicted octanol–water partition coefficient (Wildman–Crippen LogP) is 1.91. The van der Waals surface area contributed by atoms with Crippen LogP contribution in [0.2, 0.25) is 0 Å². The third-order valence-corrected chi connectivity index (χ3v) is 4.86. The summed E-state index contributed by atoms with van der Waals surface area (Å²) >= 11 is 0. The van der Waals surface area contributed by atoms with Crippen molar-refractivity contribution in [2.45, 2.75) is 11.8 Å². The lowest BCUT2D eigenvalue weighted by atomic mass is 9.96. The van der Waals surface area contributed by atoms with Crippen LogP contribution in [0.5, 0.6) is 11.8 Å². The molecule has 26 heavy (non-hydrogen) atoms. The first-order valence-corrected chi connectivity index (χ1v) is 9.55. The van der Waals surface area contributed by atoms with Crippen molar-refractivity contribution in [2.75, 3.05) is 13.4 Å². The summed E-state index contributed by atoms with van der Waals surface area (Å²) in [5.74, 6) is 0.705. The minimum Gasteiger partial charge on any atom is -0.480 e. The Morgan fingerprint density at radius 3 is 2.73 bits per heavy atom. The highest BCUT2D eigenvalue weighted by Crippen LogP contribution is 2.38. The fourth-order valence-electron chi connectivity index (χ4n) is 2.73. The van der Waals surface area contributed by atoms with Gasteiger partial charge in [-0.05, 0) is 22.8 Å². The predicted molar refractivity (Wildman–Crippen MR) is 92.5 cm³/mol. The molecule has 1 aliphatic rings. The lowest BCUT2D eigenvalue weighted by Crippen LogP contribution is -2.11. The second-order valence-electron chi connectivity index (χ2n) is 5.79. The standard InChI is InChI=1S/C17H14N4O4S/c1-24-15-6-11(7-19-21-15)10-3-4-13-12(5-10)9-25-16-14(13)8-18-17(20-16)26(2,22)23/h3-8H,9H2,1-2H3. The van der Waals surface area contributed by atoms with E-state index in [1.54, 1.807) is 12.3 Å². The van der Waals surface area contributed by atoms with Gasteiger partial charge in [0.2, 0.25) is 26.8 Å². The number of fused-ring (bicyclic) bond motifs is 3. The number of ether oxygens (including phenoxy) is 2. The van der Waals surface area contributed by atoms with Gasteiger partial charge in [-0.15, -0.1) is 5.10 Å². The summed E-state index contributed by atoms with van der Waals surface area (Å²) in [7, 11) is -1.95. The van der Waals surface area contributed by atoms with E-state index in [9.17, 15) is 8.42 Å². The summed E-state index contributed by atoms with van der Waals surface area (Å²) in [5, 5.41) is 7.55. The largest absolute Gasteiger partial charge is 0.480 e. The van der Waals surface area contributed by atoms with E-state index in [1.165, 1.54) is 13.3 Å². The summed E-state index contributed by atoms with van der Waals surface area (Å²) < 4.78 is 34.0. The van der Waals surface area contributed by atoms with E-state index in [0.29, 0.717) is 11.4 Å². The Kier molecular flexibility index (Phi) is 3.80. The first-order valence-electron chi connectivity index (χ1n) is 7.66. The first-order chi connectivity index (χ1) is 12.5. The molecule has 0 aliphatic carbocycles. The highest BCUT2D eigenvalue weighted by Gasteiger charge is 2.22. The van der Waals surface area contributed by atoms with Crippen molar-refractivity contribution in [3.8, 4) is 34.0 Å². The summed E-state index contributed by atoms with van der Waals surface area (Å²) in [6.45, 7) is 0.284. The Hall–Kier alpha value is -3.07. The SMILES string of the molecule is COc1cc(-c2ccc3c(c2)COc2nc(S(C)(=O)=O)ncc2-3)cnn1. The van der Waals surface area contributed by atoms with E-state index in [2.05, 4.69) is 20.2 Å². The molecule has 8 nitrogen and oxygen atoms in total. The molecule has 0 atom stereocenters. The van der Waals surface area contributed by atoms with Crippen LogP contribution in [0.3, 0.4) is 0 Å². The van der Waals surface area contributed by atoms with Crippen molar-refractivity contribution in [2.24, 2.45) is 0 Å². The molecule has 1 aliphatic heterocycles. The van der Waals surface area contributed by atoms with Crippen LogP contribution in [0.1, 0.15) is 5.56 Å². The van der Waals surface area contributed by atoms with Crippen molar-refractivity contribution < 1.29 is 17.9 Å². The van der Waals surface area contributed by atoms with E-state index in [-0.39, 0.29) is 17.6 Å². The molecule has 0 saturated carbocycles. The van der Waals surface area contributed by atoms with Gasteiger partial charge in [0, 0.05) is 24.1 Å². The fourth-order valence-corrected chi connectivity index (χ4v) is 3.22. The van der Waals surface area contributed by atoms with Crippen molar-refractivity contribution in [1.82, 2.24) is 20.2 Å². The molecule has 0 bridgehead atoms. The fraction of sp³-hybridized carbons (Fsp3) is 0.176. The molecule has 0 fully saturated rings. The van der Waals surface area contributed by atoms with Crippen LogP contribution >= 0.6 is 0 Å². The Labute approximate surface area is 149 Å². The number of benzene rings is 1. The molecule has 0 unspecified atom stereocenters. The topological polar surface area (TPSA) is 104 Å². The highest BCUT2D eigenvalue weighted by atomic mass is 32.2. The smallest absolute Gasteiger partial charge is 0.250 e. The van der Waals surface area contributed by atoms with Crippen LogP contribution < -0.4 is 9.47 Å². The molecule has 3 heterocycles. The Bertz CT molecular complexity index is 1120. The Morgan fingerprint density at radius 1 is 1.12 bits per heavy atom. The van der Waals surface area contributed by atoms with E-state index in [4.69, 9.17) is 9.47 Å². The van der Waals surface area contributed by atoms with Gasteiger partial charge in [-0.3, -0.25) is 0 Å². The van der Waals surface area contributed by atoms with Gasteiger partial charge in [-0.1, -0.05) is 12.1 Å². The molecule has 1 aromatic carbocycles. The number of nitrogens with zero attached hydrogens (tertiary/aromatic N) is 4. The lowest BCUT2D eigenvalue weighted by molar-refractivity contribution is 0.286. The van der Waals surface area contributed by atoms with Crippen LogP contribution in [0.25, 0.3) is 22.3 Å². The number of rotatable bonds is 3. The second kappa shape index (κ2) is 6.03. The van der Waals surface area contributed by atoms with Crippen LogP contribution in [0.4, 0.5) is 0 Å². The van der Waals surface area contributed by atoms with E-state index in [0.717, 1.165) is 28.5 Å². The molecular formula is C17H14N4O4S. The van der Waals surface area contributed by atoms with Gasteiger partial charge in [0.25, 0.3) is 0 Å². The number of methoxy groups -OCH3 is 1. The molecule has 0 radical (unpaired) electrons. The lowest BCUT2D eigenvalue weighted by Gasteiger charge is -2.20. The van der Waals surface area contributed by atoms with E-state index >= 15 is 0 Å². The second-order valence-corrected chi connectivity index (χ2v) is 7.70. The molecule has 0 N–H and O–H groups in total. The molecule has 0 saturated heterocycles. The third kappa shape index (κ3) is 2.86. The number of sulfone groups is 1. The maximum Gasteiger partial charge on any atom is 0.250 e. The summed E-state index contributed by atoms with van der Waals surface area (Å²) in [6, 6.07) is 7.66. The van der Waals surface area contributed by atoms with Crippen molar-refractivity contribution in [3.05, 3.63) is 42.2 Å². The number of hydrogen-bond acceptors (Lipinski definition) is 8. The van der Waals surface area contributed by atoms with Crippen LogP contribution in [0, 0.1) is 0 Å². The van der Waals surface area contributed by atoms with Gasteiger partial charge in [0.15, 0.2) is 0 Å². The van der Waals surface area contributed by atoms with Crippen LogP contribution in [-0.2, 0) is 16.4 Å². The summed E-state index contributed by atoms with van der Waals surface area (Å²) in [4.78, 5) is 7.98. The maximum absolute atomic E-state index is 11.6. The molecular weight excluding hydrogens is 356 g/mol. The number of aromatic nitrogens is 4. The molecule has 4 rings (SSSR count). The van der Waals surface area contributed by atoms with Gasteiger partial charge in [0.1, 0.15) is 6.61 Å². The van der Waals surface area contributed by atoms with E-state index in [1.807, 2.05) is 18.2 Å². The number of hydrogen-bond donors (Lipinski definition) is 0. The van der Waals surface area contributed by atoms with Crippen molar-refractivity contribution in [3.63, 3.8) is 0 Å². The zero-order chi connectivity index (χ0) is 18.3. The maximum atomic E-state index is 11.6. The molecule has 9 heteroatoms. The monoisotopic (exact) mass is 370 g/mol. The minimum absolute atomic E-state index is 0.244. The Morgan fingerprint density at radius 2 is 1.96 bits per heavy atom. The molecule has 0 amide bonds. The van der Waals surface area contributed by atoms with Crippen LogP contribution in [-0.4, -0.2) is 41.9 Å². The Balaban J connectivity index is 1.77. The normalized spacial score (nSPS) is 12.7. The zero-order valence-corrected chi connectivity index (χ0v) is 14.8. The molecule has 2 aromatic heterocycles. The molecule has 132 valence electrons. The highest BCUT2D eigenvalue weighted by molar-refractivity contribution is 7.90. The quantitative estimate of drug-likeness (QED) is 0.644. The minimum atomic E-state index is -3.49.